The van der Waals surface area contributed by atoms with Gasteiger partial charge < -0.3 is 15.4 Å². The molecule has 0 aliphatic carbocycles. The molecular formula is C10H10N2OS. The Balaban J connectivity index is 2.62. The number of benzene rings is 1. The van der Waals surface area contributed by atoms with E-state index in [0.29, 0.717) is 10.7 Å². The highest BCUT2D eigenvalue weighted by Crippen LogP contribution is 2.32. The Morgan fingerprint density at radius 1 is 1.43 bits per heavy atom. The van der Waals surface area contributed by atoms with Gasteiger partial charge in [-0.05, 0) is 13.0 Å². The summed E-state index contributed by atoms with van der Waals surface area (Å²) in [4.78, 5) is 3.50. The Bertz CT molecular complexity index is 490. The zero-order valence-corrected chi connectivity index (χ0v) is 8.48. The summed E-state index contributed by atoms with van der Waals surface area (Å²) >= 11 is 4.93. The molecule has 0 unspecified atom stereocenters. The van der Waals surface area contributed by atoms with Gasteiger partial charge in [0, 0.05) is 5.39 Å². The third-order valence-electron chi connectivity index (χ3n) is 1.99. The lowest BCUT2D eigenvalue weighted by Crippen LogP contribution is -2.02. The molecule has 0 saturated heterocycles. The van der Waals surface area contributed by atoms with Crippen molar-refractivity contribution in [3.8, 4) is 5.88 Å². The van der Waals surface area contributed by atoms with Gasteiger partial charge in [-0.1, -0.05) is 30.4 Å². The summed E-state index contributed by atoms with van der Waals surface area (Å²) in [6.07, 6.45) is 0. The predicted molar refractivity (Wildman–Crippen MR) is 61.9 cm³/mol. The summed E-state index contributed by atoms with van der Waals surface area (Å²) < 4.78 is 0. The standard InChI is InChI=1S/C10H10N2OS/c1-6(14)11-9-7-4-2-3-5-8(7)12-10(9)13/h2-5,12-13H,1H3,(H,11,14). The van der Waals surface area contributed by atoms with Gasteiger partial charge in [-0.25, -0.2) is 0 Å². The molecule has 1 heterocycles. The molecule has 1 aromatic carbocycles. The number of rotatable bonds is 1. The quantitative estimate of drug-likeness (QED) is 0.629. The maximum absolute atomic E-state index is 9.61. The van der Waals surface area contributed by atoms with E-state index < -0.39 is 0 Å². The van der Waals surface area contributed by atoms with Crippen LogP contribution in [-0.4, -0.2) is 15.1 Å². The second kappa shape index (κ2) is 3.31. The highest BCUT2D eigenvalue weighted by Gasteiger charge is 2.09. The summed E-state index contributed by atoms with van der Waals surface area (Å²) in [6, 6.07) is 7.65. The van der Waals surface area contributed by atoms with Gasteiger partial charge in [0.25, 0.3) is 0 Å². The first-order valence-electron chi connectivity index (χ1n) is 4.26. The van der Waals surface area contributed by atoms with Crippen LogP contribution in [0.15, 0.2) is 24.3 Å². The van der Waals surface area contributed by atoms with Crippen LogP contribution in [0.5, 0.6) is 5.88 Å². The molecule has 0 spiro atoms. The number of hydrogen-bond donors (Lipinski definition) is 3. The van der Waals surface area contributed by atoms with Crippen LogP contribution in [0, 0.1) is 0 Å². The number of para-hydroxylation sites is 1. The average molecular weight is 206 g/mol. The average Bonchev–Trinajstić information content (AvgIpc) is 2.43. The number of thiocarbonyl (C=S) groups is 1. The van der Waals surface area contributed by atoms with E-state index in [4.69, 9.17) is 12.2 Å². The Morgan fingerprint density at radius 2 is 2.14 bits per heavy atom. The molecule has 0 aliphatic heterocycles. The van der Waals surface area contributed by atoms with Crippen molar-refractivity contribution in [2.75, 3.05) is 5.32 Å². The molecule has 0 atom stereocenters. The van der Waals surface area contributed by atoms with Gasteiger partial charge in [0.2, 0.25) is 5.88 Å². The lowest BCUT2D eigenvalue weighted by atomic mass is 10.2. The lowest BCUT2D eigenvalue weighted by molar-refractivity contribution is 0.461. The van der Waals surface area contributed by atoms with Gasteiger partial charge in [0.1, 0.15) is 5.69 Å². The van der Waals surface area contributed by atoms with E-state index in [2.05, 4.69) is 10.3 Å². The van der Waals surface area contributed by atoms with E-state index >= 15 is 0 Å². The van der Waals surface area contributed by atoms with Crippen LogP contribution in [0.4, 0.5) is 5.69 Å². The monoisotopic (exact) mass is 206 g/mol. The van der Waals surface area contributed by atoms with Gasteiger partial charge in [-0.2, -0.15) is 0 Å². The molecule has 72 valence electrons. The maximum Gasteiger partial charge on any atom is 0.213 e. The van der Waals surface area contributed by atoms with Crippen LogP contribution in [0.3, 0.4) is 0 Å². The van der Waals surface area contributed by atoms with E-state index in [1.54, 1.807) is 6.92 Å². The van der Waals surface area contributed by atoms with E-state index in [1.807, 2.05) is 24.3 Å². The number of fused-ring (bicyclic) bond motifs is 1. The topological polar surface area (TPSA) is 48.0 Å². The summed E-state index contributed by atoms with van der Waals surface area (Å²) in [5.74, 6) is 0.121. The van der Waals surface area contributed by atoms with Crippen LogP contribution < -0.4 is 5.32 Å². The third kappa shape index (κ3) is 1.44. The second-order valence-electron chi connectivity index (χ2n) is 3.08. The van der Waals surface area contributed by atoms with Crippen molar-refractivity contribution >= 4 is 33.8 Å². The molecule has 0 radical (unpaired) electrons. The molecule has 3 N–H and O–H groups in total. The van der Waals surface area contributed by atoms with Crippen molar-refractivity contribution in [2.45, 2.75) is 6.92 Å². The highest BCUT2D eigenvalue weighted by atomic mass is 32.1. The number of hydrogen-bond acceptors (Lipinski definition) is 2. The molecule has 4 heteroatoms. The summed E-state index contributed by atoms with van der Waals surface area (Å²) in [6.45, 7) is 1.77. The van der Waals surface area contributed by atoms with Crippen LogP contribution in [0.25, 0.3) is 10.9 Å². The number of aromatic amines is 1. The van der Waals surface area contributed by atoms with E-state index in [9.17, 15) is 5.11 Å². The Morgan fingerprint density at radius 3 is 2.86 bits per heavy atom. The second-order valence-corrected chi connectivity index (χ2v) is 3.69. The van der Waals surface area contributed by atoms with Gasteiger partial charge >= 0.3 is 0 Å². The number of H-pyrrole nitrogens is 1. The molecule has 0 fully saturated rings. The van der Waals surface area contributed by atoms with Gasteiger partial charge in [-0.3, -0.25) is 0 Å². The fraction of sp³-hybridized carbons (Fsp3) is 0.100. The van der Waals surface area contributed by atoms with E-state index in [-0.39, 0.29) is 5.88 Å². The first kappa shape index (κ1) is 9.02. The van der Waals surface area contributed by atoms with Gasteiger partial charge in [0.15, 0.2) is 0 Å². The minimum absolute atomic E-state index is 0.121. The highest BCUT2D eigenvalue weighted by molar-refractivity contribution is 7.80. The van der Waals surface area contributed by atoms with Crippen molar-refractivity contribution in [3.63, 3.8) is 0 Å². The van der Waals surface area contributed by atoms with Crippen molar-refractivity contribution in [3.05, 3.63) is 24.3 Å². The van der Waals surface area contributed by atoms with Crippen LogP contribution in [0.1, 0.15) is 6.92 Å². The van der Waals surface area contributed by atoms with E-state index in [0.717, 1.165) is 10.9 Å². The molecule has 0 amide bonds. The minimum Gasteiger partial charge on any atom is -0.493 e. The molecule has 0 aliphatic rings. The molecule has 3 nitrogen and oxygen atoms in total. The molecule has 0 saturated carbocycles. The van der Waals surface area contributed by atoms with Crippen LogP contribution in [0.2, 0.25) is 0 Å². The lowest BCUT2D eigenvalue weighted by Gasteiger charge is -2.01. The van der Waals surface area contributed by atoms with Crippen LogP contribution >= 0.6 is 12.2 Å². The van der Waals surface area contributed by atoms with Crippen LogP contribution in [-0.2, 0) is 0 Å². The van der Waals surface area contributed by atoms with Crippen molar-refractivity contribution in [1.29, 1.82) is 0 Å². The molecule has 2 rings (SSSR count). The Kier molecular flexibility index (Phi) is 2.13. The first-order chi connectivity index (χ1) is 6.68. The number of aromatic nitrogens is 1. The molecule has 14 heavy (non-hydrogen) atoms. The summed E-state index contributed by atoms with van der Waals surface area (Å²) in [5, 5.41) is 13.5. The SMILES string of the molecule is CC(=S)Nc1c(O)[nH]c2ccccc12. The number of anilines is 1. The van der Waals surface area contributed by atoms with Crippen molar-refractivity contribution in [2.24, 2.45) is 0 Å². The van der Waals surface area contributed by atoms with Crippen molar-refractivity contribution in [1.82, 2.24) is 4.98 Å². The largest absolute Gasteiger partial charge is 0.493 e. The Hall–Kier alpha value is -1.55. The predicted octanol–water partition coefficient (Wildman–Crippen LogP) is 2.63. The maximum atomic E-state index is 9.61. The first-order valence-corrected chi connectivity index (χ1v) is 4.66. The Labute approximate surface area is 86.8 Å². The molecule has 2 aromatic rings. The summed E-state index contributed by atoms with van der Waals surface area (Å²) in [5.41, 5.74) is 1.54. The fourth-order valence-electron chi connectivity index (χ4n) is 1.43. The minimum atomic E-state index is 0.121. The van der Waals surface area contributed by atoms with Gasteiger partial charge in [0.05, 0.1) is 10.5 Å². The van der Waals surface area contributed by atoms with Gasteiger partial charge in [-0.15, -0.1) is 0 Å². The van der Waals surface area contributed by atoms with Crippen molar-refractivity contribution < 1.29 is 5.11 Å². The fourth-order valence-corrected chi connectivity index (χ4v) is 1.53. The number of nitrogens with one attached hydrogen (secondary N) is 2. The summed E-state index contributed by atoms with van der Waals surface area (Å²) in [7, 11) is 0. The third-order valence-corrected chi connectivity index (χ3v) is 2.09. The molecular weight excluding hydrogens is 196 g/mol. The zero-order chi connectivity index (χ0) is 10.1. The molecule has 1 aromatic heterocycles. The van der Waals surface area contributed by atoms with E-state index in [1.165, 1.54) is 0 Å². The molecule has 0 bridgehead atoms. The normalized spacial score (nSPS) is 10.4. The zero-order valence-electron chi connectivity index (χ0n) is 7.66. The number of aromatic hydroxyl groups is 1. The smallest absolute Gasteiger partial charge is 0.213 e.